The Balaban J connectivity index is 2.75. The Bertz CT molecular complexity index is 603. The number of anilines is 1. The number of nitrogens with one attached hydrogen (secondary N) is 2. The van der Waals surface area contributed by atoms with Crippen LogP contribution in [0.25, 0.3) is 0 Å². The fourth-order valence-electron chi connectivity index (χ4n) is 1.70. The molecule has 120 valence electrons. The van der Waals surface area contributed by atoms with Gasteiger partial charge in [0.1, 0.15) is 5.02 Å². The van der Waals surface area contributed by atoms with Crippen molar-refractivity contribution in [1.82, 2.24) is 5.32 Å². The smallest absolute Gasteiger partial charge is 0.319 e. The van der Waals surface area contributed by atoms with Gasteiger partial charge < -0.3 is 15.7 Å². The second-order valence-corrected chi connectivity index (χ2v) is 5.63. The predicted molar refractivity (Wildman–Crippen MR) is 81.2 cm³/mol. The third kappa shape index (κ3) is 5.21. The van der Waals surface area contributed by atoms with E-state index in [2.05, 4.69) is 10.6 Å². The molecule has 1 aromatic carbocycles. The first-order valence-electron chi connectivity index (χ1n) is 6.36. The van der Waals surface area contributed by atoms with E-state index in [4.69, 9.17) is 16.7 Å². The number of hydrogen-bond donors (Lipinski definition) is 3. The number of benzene rings is 1. The predicted octanol–water partition coefficient (Wildman–Crippen LogP) is 3.01. The van der Waals surface area contributed by atoms with Crippen LogP contribution in [0, 0.1) is 10.1 Å². The Labute approximate surface area is 131 Å². The SMILES string of the molecule is CC(C)(CCC(=O)O)NC(=O)Nc1cccc([N+](=O)[O-])c1Cl. The molecule has 0 aliphatic heterocycles. The Morgan fingerprint density at radius 2 is 2.05 bits per heavy atom. The highest BCUT2D eigenvalue weighted by Crippen LogP contribution is 2.31. The van der Waals surface area contributed by atoms with Gasteiger partial charge in [-0.3, -0.25) is 14.9 Å². The highest BCUT2D eigenvalue weighted by molar-refractivity contribution is 6.35. The zero-order valence-electron chi connectivity index (χ0n) is 12.1. The van der Waals surface area contributed by atoms with E-state index >= 15 is 0 Å². The van der Waals surface area contributed by atoms with E-state index in [1.165, 1.54) is 18.2 Å². The average Bonchev–Trinajstić information content (AvgIpc) is 2.38. The fourth-order valence-corrected chi connectivity index (χ4v) is 1.94. The molecule has 0 spiro atoms. The van der Waals surface area contributed by atoms with Gasteiger partial charge in [-0.25, -0.2) is 4.79 Å². The lowest BCUT2D eigenvalue weighted by Crippen LogP contribution is -2.45. The van der Waals surface area contributed by atoms with Crippen LogP contribution in [-0.4, -0.2) is 27.6 Å². The molecule has 2 amide bonds. The summed E-state index contributed by atoms with van der Waals surface area (Å²) in [6, 6.07) is 3.43. The van der Waals surface area contributed by atoms with E-state index < -0.39 is 22.5 Å². The van der Waals surface area contributed by atoms with Crippen LogP contribution < -0.4 is 10.6 Å². The Hall–Kier alpha value is -2.35. The first-order valence-corrected chi connectivity index (χ1v) is 6.74. The number of hydrogen-bond acceptors (Lipinski definition) is 4. The van der Waals surface area contributed by atoms with Gasteiger partial charge >= 0.3 is 12.0 Å². The fraction of sp³-hybridized carbons (Fsp3) is 0.385. The molecule has 1 rings (SSSR count). The number of rotatable bonds is 6. The first-order chi connectivity index (χ1) is 10.1. The number of amides is 2. The zero-order chi connectivity index (χ0) is 16.9. The van der Waals surface area contributed by atoms with E-state index in [0.717, 1.165) is 0 Å². The quantitative estimate of drug-likeness (QED) is 0.547. The molecule has 0 saturated heterocycles. The number of carbonyl (C=O) groups is 2. The topological polar surface area (TPSA) is 122 Å². The molecule has 0 heterocycles. The van der Waals surface area contributed by atoms with Crippen molar-refractivity contribution in [3.05, 3.63) is 33.3 Å². The molecule has 0 radical (unpaired) electrons. The van der Waals surface area contributed by atoms with Crippen LogP contribution in [0.1, 0.15) is 26.7 Å². The van der Waals surface area contributed by atoms with Gasteiger partial charge in [-0.1, -0.05) is 17.7 Å². The van der Waals surface area contributed by atoms with Crippen molar-refractivity contribution < 1.29 is 19.6 Å². The largest absolute Gasteiger partial charge is 0.481 e. The van der Waals surface area contributed by atoms with Gasteiger partial charge in [0, 0.05) is 18.0 Å². The molecule has 0 atom stereocenters. The summed E-state index contributed by atoms with van der Waals surface area (Å²) in [6.45, 7) is 3.34. The summed E-state index contributed by atoms with van der Waals surface area (Å²) in [6.07, 6.45) is 0.142. The Morgan fingerprint density at radius 1 is 1.41 bits per heavy atom. The summed E-state index contributed by atoms with van der Waals surface area (Å²) in [4.78, 5) is 32.6. The molecule has 0 bridgehead atoms. The number of aliphatic carboxylic acids is 1. The second-order valence-electron chi connectivity index (χ2n) is 5.25. The minimum atomic E-state index is -0.961. The van der Waals surface area contributed by atoms with Crippen LogP contribution in [-0.2, 0) is 4.79 Å². The lowest BCUT2D eigenvalue weighted by Gasteiger charge is -2.25. The molecule has 0 unspecified atom stereocenters. The van der Waals surface area contributed by atoms with Crippen LogP contribution in [0.5, 0.6) is 0 Å². The summed E-state index contributed by atoms with van der Waals surface area (Å²) in [5, 5.41) is 24.3. The van der Waals surface area contributed by atoms with E-state index in [0.29, 0.717) is 0 Å². The molecular formula is C13H16ClN3O5. The van der Waals surface area contributed by atoms with Crippen molar-refractivity contribution >= 4 is 35.0 Å². The monoisotopic (exact) mass is 329 g/mol. The zero-order valence-corrected chi connectivity index (χ0v) is 12.8. The van der Waals surface area contributed by atoms with Crippen molar-refractivity contribution in [1.29, 1.82) is 0 Å². The third-order valence-corrected chi connectivity index (χ3v) is 3.24. The van der Waals surface area contributed by atoms with E-state index in [9.17, 15) is 19.7 Å². The van der Waals surface area contributed by atoms with Crippen molar-refractivity contribution in [3.63, 3.8) is 0 Å². The number of halogens is 1. The average molecular weight is 330 g/mol. The highest BCUT2D eigenvalue weighted by Gasteiger charge is 2.23. The molecule has 0 aliphatic carbocycles. The minimum absolute atomic E-state index is 0.0924. The van der Waals surface area contributed by atoms with E-state index in [-0.39, 0.29) is 29.2 Å². The molecule has 0 saturated carbocycles. The number of urea groups is 1. The van der Waals surface area contributed by atoms with Crippen molar-refractivity contribution in [2.45, 2.75) is 32.2 Å². The van der Waals surface area contributed by atoms with Crippen LogP contribution in [0.15, 0.2) is 18.2 Å². The molecule has 0 aromatic heterocycles. The van der Waals surface area contributed by atoms with E-state index in [1.807, 2.05) is 0 Å². The summed E-state index contributed by atoms with van der Waals surface area (Å²) < 4.78 is 0. The highest BCUT2D eigenvalue weighted by atomic mass is 35.5. The number of carboxylic acids is 1. The van der Waals surface area contributed by atoms with Gasteiger partial charge in [0.15, 0.2) is 0 Å². The van der Waals surface area contributed by atoms with Crippen LogP contribution in [0.2, 0.25) is 5.02 Å². The molecular weight excluding hydrogens is 314 g/mol. The summed E-state index contributed by atoms with van der Waals surface area (Å²) in [5.41, 5.74) is -0.970. The normalized spacial score (nSPS) is 10.9. The van der Waals surface area contributed by atoms with Gasteiger partial charge in [-0.2, -0.15) is 0 Å². The van der Waals surface area contributed by atoms with Gasteiger partial charge in [0.05, 0.1) is 10.6 Å². The molecule has 0 aliphatic rings. The maximum Gasteiger partial charge on any atom is 0.319 e. The van der Waals surface area contributed by atoms with Crippen molar-refractivity contribution in [2.75, 3.05) is 5.32 Å². The molecule has 1 aromatic rings. The molecule has 8 nitrogen and oxygen atoms in total. The van der Waals surface area contributed by atoms with Crippen LogP contribution in [0.3, 0.4) is 0 Å². The van der Waals surface area contributed by atoms with Crippen molar-refractivity contribution in [2.24, 2.45) is 0 Å². The third-order valence-electron chi connectivity index (χ3n) is 2.84. The van der Waals surface area contributed by atoms with Gasteiger partial charge in [0.25, 0.3) is 5.69 Å². The number of carbonyl (C=O) groups excluding carboxylic acids is 1. The maximum absolute atomic E-state index is 11.9. The molecule has 0 fully saturated rings. The standard InChI is InChI=1S/C13H16ClN3O5/c1-13(2,7-6-10(18)19)16-12(20)15-8-4-3-5-9(11(8)14)17(21)22/h3-5H,6-7H2,1-2H3,(H,18,19)(H2,15,16,20). The number of nitro benzene ring substituents is 1. The van der Waals surface area contributed by atoms with Gasteiger partial charge in [0.2, 0.25) is 0 Å². The number of carboxylic acid groups (broad SMARTS) is 1. The van der Waals surface area contributed by atoms with Crippen LogP contribution >= 0.6 is 11.6 Å². The molecule has 3 N–H and O–H groups in total. The Kier molecular flexibility index (Phi) is 5.69. The van der Waals surface area contributed by atoms with E-state index in [1.54, 1.807) is 13.8 Å². The number of nitro groups is 1. The maximum atomic E-state index is 11.9. The van der Waals surface area contributed by atoms with Gasteiger partial charge in [-0.15, -0.1) is 0 Å². The second kappa shape index (κ2) is 7.08. The number of nitrogens with zero attached hydrogens (tertiary/aromatic N) is 1. The summed E-state index contributed by atoms with van der Waals surface area (Å²) in [7, 11) is 0. The summed E-state index contributed by atoms with van der Waals surface area (Å²) >= 11 is 5.86. The lowest BCUT2D eigenvalue weighted by atomic mass is 9.99. The van der Waals surface area contributed by atoms with Crippen molar-refractivity contribution in [3.8, 4) is 0 Å². The first kappa shape index (κ1) is 17.7. The van der Waals surface area contributed by atoms with Gasteiger partial charge in [-0.05, 0) is 26.3 Å². The molecule has 9 heteroatoms. The summed E-state index contributed by atoms with van der Waals surface area (Å²) in [5.74, 6) is -0.961. The molecule has 22 heavy (non-hydrogen) atoms. The Morgan fingerprint density at radius 3 is 2.59 bits per heavy atom. The minimum Gasteiger partial charge on any atom is -0.481 e. The van der Waals surface area contributed by atoms with Crippen LogP contribution in [0.4, 0.5) is 16.2 Å². The lowest BCUT2D eigenvalue weighted by molar-refractivity contribution is -0.384.